The van der Waals surface area contributed by atoms with Crippen molar-refractivity contribution in [2.45, 2.75) is 38.5 Å². The van der Waals surface area contributed by atoms with Crippen molar-refractivity contribution >= 4 is 35.0 Å². The highest BCUT2D eigenvalue weighted by Crippen LogP contribution is 2.45. The van der Waals surface area contributed by atoms with E-state index in [0.717, 1.165) is 11.3 Å². The Kier molecular flexibility index (Phi) is 6.98. The van der Waals surface area contributed by atoms with E-state index in [4.69, 9.17) is 4.74 Å². The van der Waals surface area contributed by atoms with E-state index in [2.05, 4.69) is 26.1 Å². The highest BCUT2D eigenvalue weighted by Gasteiger charge is 2.35. The Balaban J connectivity index is 1.56. The summed E-state index contributed by atoms with van der Waals surface area (Å²) in [6, 6.07) is 23.0. The summed E-state index contributed by atoms with van der Waals surface area (Å²) in [5.41, 5.74) is 4.23. The van der Waals surface area contributed by atoms with Gasteiger partial charge in [-0.2, -0.15) is 0 Å². The van der Waals surface area contributed by atoms with Crippen LogP contribution >= 0.6 is 11.8 Å². The molecule has 1 atom stereocenters. The van der Waals surface area contributed by atoms with Crippen molar-refractivity contribution in [2.24, 2.45) is 0 Å². The van der Waals surface area contributed by atoms with Gasteiger partial charge < -0.3 is 10.1 Å². The minimum absolute atomic E-state index is 0.0341. The van der Waals surface area contributed by atoms with Crippen LogP contribution in [-0.2, 0) is 10.2 Å². The number of thioether (sulfide) groups is 1. The highest BCUT2D eigenvalue weighted by molar-refractivity contribution is 8.00. The maximum Gasteiger partial charge on any atom is 0.255 e. The molecule has 5 nitrogen and oxygen atoms in total. The summed E-state index contributed by atoms with van der Waals surface area (Å²) in [5, 5.41) is 2.80. The first kappa shape index (κ1) is 23.9. The van der Waals surface area contributed by atoms with Crippen molar-refractivity contribution in [3.05, 3.63) is 89.5 Å². The summed E-state index contributed by atoms with van der Waals surface area (Å²) in [4.78, 5) is 27.5. The van der Waals surface area contributed by atoms with Crippen LogP contribution in [0.25, 0.3) is 0 Å². The highest BCUT2D eigenvalue weighted by atomic mass is 32.2. The molecule has 0 aliphatic carbocycles. The molecule has 1 aliphatic rings. The predicted octanol–water partition coefficient (Wildman–Crippen LogP) is 6.41. The number of para-hydroxylation sites is 2. The molecule has 0 saturated carbocycles. The van der Waals surface area contributed by atoms with Gasteiger partial charge in [0.25, 0.3) is 5.91 Å². The van der Waals surface area contributed by atoms with Gasteiger partial charge in [-0.1, -0.05) is 57.2 Å². The number of anilines is 2. The van der Waals surface area contributed by atoms with Crippen molar-refractivity contribution < 1.29 is 14.3 Å². The zero-order chi connectivity index (χ0) is 24.3. The first-order chi connectivity index (χ1) is 16.3. The average Bonchev–Trinajstić information content (AvgIpc) is 3.20. The van der Waals surface area contributed by atoms with E-state index >= 15 is 0 Å². The second-order valence-electron chi connectivity index (χ2n) is 9.23. The number of amides is 2. The van der Waals surface area contributed by atoms with Crippen LogP contribution in [0.5, 0.6) is 5.75 Å². The molecular formula is C28H30N2O3S. The summed E-state index contributed by atoms with van der Waals surface area (Å²) in [6.45, 7) is 8.90. The van der Waals surface area contributed by atoms with Crippen molar-refractivity contribution in [1.82, 2.24) is 0 Å². The SMILES string of the molecule is CCOc1ccccc1N1C(=O)CS[C@@H]1c1cccc(NC(=O)c2ccc(C(C)(C)C)cc2)c1. The average molecular weight is 475 g/mol. The number of hydrogen-bond acceptors (Lipinski definition) is 4. The molecule has 1 fully saturated rings. The predicted molar refractivity (Wildman–Crippen MR) is 140 cm³/mol. The molecule has 3 aromatic rings. The van der Waals surface area contributed by atoms with Crippen molar-refractivity contribution in [2.75, 3.05) is 22.6 Å². The van der Waals surface area contributed by atoms with E-state index in [9.17, 15) is 9.59 Å². The quantitative estimate of drug-likeness (QED) is 0.448. The topological polar surface area (TPSA) is 58.6 Å². The molecule has 0 aromatic heterocycles. The fraction of sp³-hybridized carbons (Fsp3) is 0.286. The van der Waals surface area contributed by atoms with Crippen LogP contribution in [0.2, 0.25) is 0 Å². The van der Waals surface area contributed by atoms with Gasteiger partial charge in [0, 0.05) is 11.3 Å². The number of nitrogens with one attached hydrogen (secondary N) is 1. The van der Waals surface area contributed by atoms with Gasteiger partial charge in [0.15, 0.2) is 0 Å². The van der Waals surface area contributed by atoms with E-state index in [1.165, 1.54) is 5.56 Å². The lowest BCUT2D eigenvalue weighted by atomic mass is 9.87. The van der Waals surface area contributed by atoms with Gasteiger partial charge in [-0.05, 0) is 59.9 Å². The maximum absolute atomic E-state index is 12.9. The van der Waals surface area contributed by atoms with Crippen LogP contribution in [0.15, 0.2) is 72.8 Å². The zero-order valence-electron chi connectivity index (χ0n) is 20.0. The lowest BCUT2D eigenvalue weighted by molar-refractivity contribution is -0.115. The molecule has 0 unspecified atom stereocenters. The zero-order valence-corrected chi connectivity index (χ0v) is 20.8. The summed E-state index contributed by atoms with van der Waals surface area (Å²) < 4.78 is 5.78. The molecule has 4 rings (SSSR count). The first-order valence-corrected chi connectivity index (χ1v) is 12.5. The maximum atomic E-state index is 12.9. The molecule has 176 valence electrons. The summed E-state index contributed by atoms with van der Waals surface area (Å²) in [6.07, 6.45) is 0. The van der Waals surface area contributed by atoms with Crippen LogP contribution < -0.4 is 15.0 Å². The lowest BCUT2D eigenvalue weighted by Gasteiger charge is -2.26. The Morgan fingerprint density at radius 1 is 1.06 bits per heavy atom. The molecule has 0 bridgehead atoms. The molecule has 34 heavy (non-hydrogen) atoms. The molecule has 1 aliphatic heterocycles. The number of carbonyl (C=O) groups excluding carboxylic acids is 2. The normalized spacial score (nSPS) is 15.9. The number of benzene rings is 3. The second kappa shape index (κ2) is 9.94. The summed E-state index contributed by atoms with van der Waals surface area (Å²) in [7, 11) is 0. The Bertz CT molecular complexity index is 1180. The summed E-state index contributed by atoms with van der Waals surface area (Å²) in [5.74, 6) is 0.956. The third kappa shape index (κ3) is 5.12. The molecular weight excluding hydrogens is 444 g/mol. The number of hydrogen-bond donors (Lipinski definition) is 1. The Morgan fingerprint density at radius 2 is 1.79 bits per heavy atom. The molecule has 0 radical (unpaired) electrons. The molecule has 1 saturated heterocycles. The van der Waals surface area contributed by atoms with E-state index in [0.29, 0.717) is 29.4 Å². The third-order valence-corrected chi connectivity index (χ3v) is 6.95. The van der Waals surface area contributed by atoms with Gasteiger partial charge in [-0.3, -0.25) is 14.5 Å². The largest absolute Gasteiger partial charge is 0.492 e. The van der Waals surface area contributed by atoms with Gasteiger partial charge in [0.2, 0.25) is 5.91 Å². The molecule has 1 N–H and O–H groups in total. The first-order valence-electron chi connectivity index (χ1n) is 11.5. The second-order valence-corrected chi connectivity index (χ2v) is 10.3. The number of rotatable bonds is 6. The number of ether oxygens (including phenoxy) is 1. The van der Waals surface area contributed by atoms with Crippen molar-refractivity contribution in [3.8, 4) is 5.75 Å². The third-order valence-electron chi connectivity index (χ3n) is 5.74. The Labute approximate surface area is 205 Å². The minimum Gasteiger partial charge on any atom is -0.492 e. The molecule has 2 amide bonds. The molecule has 6 heteroatoms. The summed E-state index contributed by atoms with van der Waals surface area (Å²) >= 11 is 1.57. The minimum atomic E-state index is -0.197. The van der Waals surface area contributed by atoms with E-state index in [-0.39, 0.29) is 22.6 Å². The lowest BCUT2D eigenvalue weighted by Crippen LogP contribution is -2.28. The molecule has 0 spiro atoms. The van der Waals surface area contributed by atoms with Crippen LogP contribution in [0.1, 0.15) is 54.6 Å². The monoisotopic (exact) mass is 474 g/mol. The fourth-order valence-corrected chi connectivity index (χ4v) is 5.12. The number of nitrogens with zero attached hydrogens (tertiary/aromatic N) is 1. The van der Waals surface area contributed by atoms with Gasteiger partial charge >= 0.3 is 0 Å². The van der Waals surface area contributed by atoms with Gasteiger partial charge in [0.1, 0.15) is 11.1 Å². The van der Waals surface area contributed by atoms with Gasteiger partial charge in [0.05, 0.1) is 18.0 Å². The smallest absolute Gasteiger partial charge is 0.255 e. The Morgan fingerprint density at radius 3 is 2.50 bits per heavy atom. The number of carbonyl (C=O) groups is 2. The standard InChI is InChI=1S/C28H30N2O3S/c1-5-33-24-12-7-6-11-23(24)30-25(31)18-34-27(30)20-9-8-10-22(17-20)29-26(32)19-13-15-21(16-14-19)28(2,3)4/h6-17,27H,5,18H2,1-4H3,(H,29,32)/t27-/m1/s1. The van der Waals surface area contributed by atoms with Gasteiger partial charge in [-0.25, -0.2) is 0 Å². The van der Waals surface area contributed by atoms with E-state index in [1.54, 1.807) is 16.7 Å². The molecule has 1 heterocycles. The van der Waals surface area contributed by atoms with Crippen LogP contribution in [0.3, 0.4) is 0 Å². The van der Waals surface area contributed by atoms with Gasteiger partial charge in [-0.15, -0.1) is 11.8 Å². The van der Waals surface area contributed by atoms with Crippen LogP contribution in [0.4, 0.5) is 11.4 Å². The van der Waals surface area contributed by atoms with Crippen LogP contribution in [-0.4, -0.2) is 24.2 Å². The van der Waals surface area contributed by atoms with E-state index in [1.807, 2.05) is 79.7 Å². The Hall–Kier alpha value is -3.25. The van der Waals surface area contributed by atoms with Crippen molar-refractivity contribution in [1.29, 1.82) is 0 Å². The fourth-order valence-electron chi connectivity index (χ4n) is 3.96. The van der Waals surface area contributed by atoms with E-state index < -0.39 is 0 Å². The van der Waals surface area contributed by atoms with Crippen molar-refractivity contribution in [3.63, 3.8) is 0 Å². The molecule has 3 aromatic carbocycles. The van der Waals surface area contributed by atoms with Crippen LogP contribution in [0, 0.1) is 0 Å².